The third-order valence-corrected chi connectivity index (χ3v) is 6.14. The molecule has 0 N–H and O–H groups in total. The third-order valence-electron chi connectivity index (χ3n) is 6.14. The lowest BCUT2D eigenvalue weighted by Gasteiger charge is -2.38. The van der Waals surface area contributed by atoms with Gasteiger partial charge in [-0.2, -0.15) is 10.1 Å². The number of aryl methyl sites for hydroxylation is 1. The number of amides is 1. The van der Waals surface area contributed by atoms with Gasteiger partial charge in [-0.15, -0.1) is 0 Å². The van der Waals surface area contributed by atoms with Crippen LogP contribution in [0, 0.1) is 6.92 Å². The quantitative estimate of drug-likeness (QED) is 0.427. The summed E-state index contributed by atoms with van der Waals surface area (Å²) < 4.78 is 36.4. The molecule has 8 nitrogen and oxygen atoms in total. The van der Waals surface area contributed by atoms with Crippen LogP contribution >= 0.6 is 0 Å². The van der Waals surface area contributed by atoms with Gasteiger partial charge in [0.05, 0.1) is 24.9 Å². The van der Waals surface area contributed by atoms with Crippen LogP contribution in [0.5, 0.6) is 5.75 Å². The number of aromatic nitrogens is 4. The van der Waals surface area contributed by atoms with E-state index >= 15 is 0 Å². The molecule has 0 aliphatic carbocycles. The number of rotatable bonds is 4. The normalized spacial score (nSPS) is 17.8. The first-order valence-electron chi connectivity index (χ1n) is 10.7. The Balaban J connectivity index is 1.54. The Bertz CT molecular complexity index is 1440. The Kier molecular flexibility index (Phi) is 5.22. The molecule has 1 unspecified atom stereocenters. The first-order valence-corrected chi connectivity index (χ1v) is 10.7. The maximum Gasteiger partial charge on any atom is 0.266 e. The van der Waals surface area contributed by atoms with Crippen molar-refractivity contribution in [2.24, 2.45) is 0 Å². The lowest BCUT2D eigenvalue weighted by Crippen LogP contribution is -2.49. The zero-order valence-corrected chi connectivity index (χ0v) is 18.5. The second-order valence-electron chi connectivity index (χ2n) is 8.47. The highest BCUT2D eigenvalue weighted by Gasteiger charge is 2.44. The minimum absolute atomic E-state index is 0.0474. The van der Waals surface area contributed by atoms with Crippen LogP contribution in [0.25, 0.3) is 16.6 Å². The van der Waals surface area contributed by atoms with E-state index in [0.717, 1.165) is 4.90 Å². The molecule has 0 spiro atoms. The van der Waals surface area contributed by atoms with Crippen molar-refractivity contribution in [1.29, 1.82) is 0 Å². The number of hydrogen-bond acceptors (Lipinski definition) is 6. The fourth-order valence-electron chi connectivity index (χ4n) is 4.64. The highest BCUT2D eigenvalue weighted by atomic mass is 19.3. The molecule has 2 aromatic heterocycles. The molecule has 0 bridgehead atoms. The van der Waals surface area contributed by atoms with Crippen molar-refractivity contribution in [2.75, 3.05) is 20.2 Å². The second kappa shape index (κ2) is 8.12. The summed E-state index contributed by atoms with van der Waals surface area (Å²) in [7, 11) is 1.53. The lowest BCUT2D eigenvalue weighted by molar-refractivity contribution is -0.0641. The van der Waals surface area contributed by atoms with Gasteiger partial charge in [0.25, 0.3) is 17.6 Å². The molecule has 34 heavy (non-hydrogen) atoms. The van der Waals surface area contributed by atoms with Crippen molar-refractivity contribution in [3.63, 3.8) is 0 Å². The topological polar surface area (TPSA) is 89.7 Å². The van der Waals surface area contributed by atoms with E-state index in [1.54, 1.807) is 37.3 Å². The molecular formula is C24H21F2N5O3. The Morgan fingerprint density at radius 2 is 2.06 bits per heavy atom. The van der Waals surface area contributed by atoms with Gasteiger partial charge in [0.2, 0.25) is 0 Å². The molecule has 1 atom stereocenters. The Hall–Kier alpha value is -3.95. The van der Waals surface area contributed by atoms with Gasteiger partial charge in [-0.3, -0.25) is 9.59 Å². The standard InChI is InChI=1S/C24H21F2N5O3/c1-14-7-21(31-23(29-14)27-13-28-31)16-9-24(25,26)12-30(10-16)22(33)19-5-3-15-8-17(34-2)4-6-18(15)20(19)11-32/h3-8,11,13,16H,9-10,12H2,1-2H3. The molecule has 1 saturated heterocycles. The number of fused-ring (bicyclic) bond motifs is 2. The van der Waals surface area contributed by atoms with Gasteiger partial charge in [-0.1, -0.05) is 6.07 Å². The first kappa shape index (κ1) is 21.9. The van der Waals surface area contributed by atoms with Crippen LogP contribution in [0.3, 0.4) is 0 Å². The van der Waals surface area contributed by atoms with Crippen molar-refractivity contribution in [1.82, 2.24) is 24.5 Å². The molecule has 1 amide bonds. The number of halogens is 2. The number of carbonyl (C=O) groups excluding carboxylic acids is 2. The molecule has 2 aromatic carbocycles. The van der Waals surface area contributed by atoms with Crippen molar-refractivity contribution in [2.45, 2.75) is 25.2 Å². The number of piperidine rings is 1. The highest BCUT2D eigenvalue weighted by molar-refractivity contribution is 6.10. The molecule has 174 valence electrons. The average molecular weight is 465 g/mol. The van der Waals surface area contributed by atoms with Crippen molar-refractivity contribution >= 4 is 28.7 Å². The van der Waals surface area contributed by atoms with Crippen molar-refractivity contribution in [3.05, 3.63) is 65.2 Å². The predicted molar refractivity (Wildman–Crippen MR) is 120 cm³/mol. The summed E-state index contributed by atoms with van der Waals surface area (Å²) in [6, 6.07) is 9.99. The number of nitrogens with zero attached hydrogens (tertiary/aromatic N) is 5. The van der Waals surface area contributed by atoms with Crippen LogP contribution in [0.1, 0.15) is 44.4 Å². The van der Waals surface area contributed by atoms with Crippen LogP contribution in [0.4, 0.5) is 8.78 Å². The van der Waals surface area contributed by atoms with E-state index in [1.807, 2.05) is 0 Å². The number of benzene rings is 2. The van der Waals surface area contributed by atoms with E-state index in [9.17, 15) is 18.4 Å². The predicted octanol–water partition coefficient (Wildman–Crippen LogP) is 3.67. The molecule has 3 heterocycles. The van der Waals surface area contributed by atoms with Gasteiger partial charge in [-0.05, 0) is 48.0 Å². The summed E-state index contributed by atoms with van der Waals surface area (Å²) in [6.07, 6.45) is 1.47. The maximum atomic E-state index is 14.9. The summed E-state index contributed by atoms with van der Waals surface area (Å²) in [5, 5.41) is 5.39. The number of likely N-dealkylation sites (tertiary alicyclic amines) is 1. The highest BCUT2D eigenvalue weighted by Crippen LogP contribution is 2.37. The van der Waals surface area contributed by atoms with E-state index < -0.39 is 30.7 Å². The molecular weight excluding hydrogens is 444 g/mol. The maximum absolute atomic E-state index is 14.9. The summed E-state index contributed by atoms with van der Waals surface area (Å²) in [5.74, 6) is -3.51. The largest absolute Gasteiger partial charge is 0.497 e. The Morgan fingerprint density at radius 3 is 2.82 bits per heavy atom. The molecule has 1 aliphatic heterocycles. The number of ether oxygens (including phenoxy) is 1. The van der Waals surface area contributed by atoms with Crippen LogP contribution in [0.2, 0.25) is 0 Å². The number of carbonyl (C=O) groups is 2. The van der Waals surface area contributed by atoms with Crippen LogP contribution in [-0.4, -0.2) is 62.8 Å². The van der Waals surface area contributed by atoms with E-state index in [0.29, 0.717) is 40.0 Å². The molecule has 1 fully saturated rings. The minimum atomic E-state index is -3.12. The van der Waals surface area contributed by atoms with Gasteiger partial charge in [0, 0.05) is 30.1 Å². The fourth-order valence-corrected chi connectivity index (χ4v) is 4.64. The SMILES string of the molecule is COc1ccc2c(C=O)c(C(=O)N3CC(c4cc(C)nc5ncnn45)CC(F)(F)C3)ccc2c1. The first-order chi connectivity index (χ1) is 16.3. The van der Waals surface area contributed by atoms with Crippen molar-refractivity contribution in [3.8, 4) is 5.75 Å². The molecule has 0 radical (unpaired) electrons. The van der Waals surface area contributed by atoms with Gasteiger partial charge >= 0.3 is 0 Å². The number of methoxy groups -OCH3 is 1. The monoisotopic (exact) mass is 465 g/mol. The van der Waals surface area contributed by atoms with E-state index in [-0.39, 0.29) is 17.7 Å². The lowest BCUT2D eigenvalue weighted by atomic mass is 9.90. The van der Waals surface area contributed by atoms with Crippen molar-refractivity contribution < 1.29 is 23.1 Å². The minimum Gasteiger partial charge on any atom is -0.497 e. The van der Waals surface area contributed by atoms with Crippen LogP contribution < -0.4 is 4.74 Å². The van der Waals surface area contributed by atoms with Gasteiger partial charge in [0.15, 0.2) is 6.29 Å². The van der Waals surface area contributed by atoms with Gasteiger partial charge in [-0.25, -0.2) is 18.3 Å². The zero-order chi connectivity index (χ0) is 24.0. The smallest absolute Gasteiger partial charge is 0.266 e. The molecule has 1 aliphatic rings. The van der Waals surface area contributed by atoms with Gasteiger partial charge < -0.3 is 9.64 Å². The second-order valence-corrected chi connectivity index (χ2v) is 8.47. The molecule has 0 saturated carbocycles. The third kappa shape index (κ3) is 3.74. The number of alkyl halides is 2. The molecule has 5 rings (SSSR count). The summed E-state index contributed by atoms with van der Waals surface area (Å²) in [4.78, 5) is 34.9. The molecule has 4 aromatic rings. The van der Waals surface area contributed by atoms with Crippen LogP contribution in [-0.2, 0) is 0 Å². The van der Waals surface area contributed by atoms with Gasteiger partial charge in [0.1, 0.15) is 12.1 Å². The Labute approximate surface area is 193 Å². The summed E-state index contributed by atoms with van der Waals surface area (Å²) >= 11 is 0. The number of hydrogen-bond donors (Lipinski definition) is 0. The molecule has 10 heteroatoms. The van der Waals surface area contributed by atoms with E-state index in [2.05, 4.69) is 15.1 Å². The number of aldehydes is 1. The summed E-state index contributed by atoms with van der Waals surface area (Å²) in [5.41, 5.74) is 1.38. The van der Waals surface area contributed by atoms with E-state index in [1.165, 1.54) is 24.0 Å². The summed E-state index contributed by atoms with van der Waals surface area (Å²) in [6.45, 7) is 1.07. The average Bonchev–Trinajstić information content (AvgIpc) is 3.29. The zero-order valence-electron chi connectivity index (χ0n) is 18.5. The fraction of sp³-hybridized carbons (Fsp3) is 0.292. The Morgan fingerprint density at radius 1 is 1.24 bits per heavy atom. The van der Waals surface area contributed by atoms with E-state index in [4.69, 9.17) is 4.74 Å². The van der Waals surface area contributed by atoms with Crippen LogP contribution in [0.15, 0.2) is 42.7 Å².